The number of nitrogens with one attached hydrogen (secondary N) is 2. The second-order valence-corrected chi connectivity index (χ2v) is 9.29. The summed E-state index contributed by atoms with van der Waals surface area (Å²) >= 11 is 1.56. The van der Waals surface area contributed by atoms with Crippen LogP contribution < -0.4 is 10.0 Å². The van der Waals surface area contributed by atoms with Gasteiger partial charge in [0.15, 0.2) is 0 Å². The summed E-state index contributed by atoms with van der Waals surface area (Å²) in [4.78, 5) is 28.1. The second kappa shape index (κ2) is 8.49. The third-order valence-corrected chi connectivity index (χ3v) is 6.90. The Bertz CT molecular complexity index is 781. The minimum Gasteiger partial charge on any atom is -0.337 e. The first kappa shape index (κ1) is 20.0. The molecule has 3 rings (SSSR count). The molecule has 2 fully saturated rings. The Morgan fingerprint density at radius 2 is 2.04 bits per heavy atom. The van der Waals surface area contributed by atoms with Gasteiger partial charge in [-0.15, -0.1) is 0 Å². The summed E-state index contributed by atoms with van der Waals surface area (Å²) < 4.78 is 27.8. The Kier molecular flexibility index (Phi) is 6.28. The van der Waals surface area contributed by atoms with E-state index in [-0.39, 0.29) is 22.9 Å². The topological polar surface area (TPSA) is 98.8 Å². The number of sulfonamides is 1. The van der Waals surface area contributed by atoms with Crippen molar-refractivity contribution < 1.29 is 18.0 Å². The zero-order valence-corrected chi connectivity index (χ0v) is 16.8. The molecule has 0 bridgehead atoms. The highest BCUT2D eigenvalue weighted by atomic mass is 32.2. The van der Waals surface area contributed by atoms with Gasteiger partial charge in [-0.1, -0.05) is 18.2 Å². The number of benzene rings is 1. The largest absolute Gasteiger partial charge is 0.337 e. The predicted octanol–water partition coefficient (Wildman–Crippen LogP) is 0.323. The molecule has 27 heavy (non-hydrogen) atoms. The van der Waals surface area contributed by atoms with Crippen LogP contribution in [0.3, 0.4) is 0 Å². The molecule has 2 heterocycles. The number of amides is 3. The molecule has 0 radical (unpaired) electrons. The predicted molar refractivity (Wildman–Crippen MR) is 104 cm³/mol. The van der Waals surface area contributed by atoms with Crippen molar-refractivity contribution in [3.05, 3.63) is 30.3 Å². The van der Waals surface area contributed by atoms with E-state index in [4.69, 9.17) is 0 Å². The number of hydrogen-bond donors (Lipinski definition) is 2. The van der Waals surface area contributed by atoms with E-state index >= 15 is 0 Å². The Hall–Kier alpha value is -1.78. The van der Waals surface area contributed by atoms with Crippen molar-refractivity contribution in [3.8, 4) is 0 Å². The van der Waals surface area contributed by atoms with E-state index in [2.05, 4.69) is 10.0 Å². The van der Waals surface area contributed by atoms with E-state index in [9.17, 15) is 18.0 Å². The highest BCUT2D eigenvalue weighted by molar-refractivity contribution is 7.98. The Morgan fingerprint density at radius 3 is 2.63 bits per heavy atom. The summed E-state index contributed by atoms with van der Waals surface area (Å²) in [6.45, 7) is 2.14. The maximum atomic E-state index is 12.9. The van der Waals surface area contributed by atoms with E-state index in [1.54, 1.807) is 39.8 Å². The molecular weight excluding hydrogens is 388 g/mol. The van der Waals surface area contributed by atoms with Crippen LogP contribution in [0.15, 0.2) is 35.2 Å². The molecule has 1 atom stereocenters. The van der Waals surface area contributed by atoms with Gasteiger partial charge >= 0.3 is 6.03 Å². The van der Waals surface area contributed by atoms with Gasteiger partial charge in [0.05, 0.1) is 10.9 Å². The van der Waals surface area contributed by atoms with Crippen LogP contribution in [0.4, 0.5) is 4.79 Å². The lowest BCUT2D eigenvalue weighted by Gasteiger charge is -2.44. The number of rotatable bonds is 8. The smallest absolute Gasteiger partial charge is 0.317 e. The lowest BCUT2D eigenvalue weighted by atomic mass is 10.1. The Morgan fingerprint density at radius 1 is 1.33 bits per heavy atom. The van der Waals surface area contributed by atoms with Crippen molar-refractivity contribution in [1.29, 1.82) is 0 Å². The second-order valence-electron chi connectivity index (χ2n) is 6.59. The molecule has 0 spiro atoms. The van der Waals surface area contributed by atoms with Crippen molar-refractivity contribution in [2.24, 2.45) is 0 Å². The molecule has 2 N–H and O–H groups in total. The first-order chi connectivity index (χ1) is 12.9. The number of carbonyl (C=O) groups is 2. The van der Waals surface area contributed by atoms with Crippen LogP contribution in [0.5, 0.6) is 0 Å². The molecule has 148 valence electrons. The van der Waals surface area contributed by atoms with Crippen LogP contribution in [-0.4, -0.2) is 80.4 Å². The number of carbonyl (C=O) groups excluding carboxylic acids is 2. The highest BCUT2D eigenvalue weighted by Crippen LogP contribution is 2.20. The van der Waals surface area contributed by atoms with Gasteiger partial charge < -0.3 is 15.1 Å². The van der Waals surface area contributed by atoms with Crippen molar-refractivity contribution >= 4 is 33.7 Å². The van der Waals surface area contributed by atoms with Crippen LogP contribution in [0.2, 0.25) is 0 Å². The van der Waals surface area contributed by atoms with E-state index in [0.29, 0.717) is 38.4 Å². The first-order valence-corrected chi connectivity index (χ1v) is 11.7. The van der Waals surface area contributed by atoms with Crippen molar-refractivity contribution in [2.45, 2.75) is 23.4 Å². The van der Waals surface area contributed by atoms with Crippen molar-refractivity contribution in [1.82, 2.24) is 19.8 Å². The van der Waals surface area contributed by atoms with Gasteiger partial charge in [-0.2, -0.15) is 16.5 Å². The van der Waals surface area contributed by atoms with Crippen LogP contribution in [-0.2, 0) is 14.8 Å². The normalized spacial score (nSPS) is 18.9. The fraction of sp³-hybridized carbons (Fsp3) is 0.529. The van der Waals surface area contributed by atoms with Gasteiger partial charge in [0, 0.05) is 26.2 Å². The zero-order chi connectivity index (χ0) is 19.4. The first-order valence-electron chi connectivity index (χ1n) is 8.82. The molecule has 1 aromatic carbocycles. The minimum atomic E-state index is -3.77. The molecule has 10 heteroatoms. The molecule has 1 aromatic rings. The fourth-order valence-electron chi connectivity index (χ4n) is 3.21. The van der Waals surface area contributed by atoms with Gasteiger partial charge in [-0.25, -0.2) is 13.2 Å². The number of likely N-dealkylation sites (tertiary alicyclic amines) is 1. The maximum Gasteiger partial charge on any atom is 0.317 e. The monoisotopic (exact) mass is 412 g/mol. The zero-order valence-electron chi connectivity index (χ0n) is 15.1. The van der Waals surface area contributed by atoms with Gasteiger partial charge in [0.25, 0.3) is 0 Å². The molecule has 2 aliphatic heterocycles. The average Bonchev–Trinajstić information content (AvgIpc) is 3.03. The summed E-state index contributed by atoms with van der Waals surface area (Å²) in [5.41, 5.74) is 0. The van der Waals surface area contributed by atoms with E-state index in [1.165, 1.54) is 12.1 Å². The van der Waals surface area contributed by atoms with Crippen LogP contribution in [0, 0.1) is 0 Å². The fourth-order valence-corrected chi connectivity index (χ4v) is 4.93. The summed E-state index contributed by atoms with van der Waals surface area (Å²) in [6, 6.07) is 7.14. The maximum absolute atomic E-state index is 12.9. The Labute approximate surface area is 163 Å². The van der Waals surface area contributed by atoms with Gasteiger partial charge in [-0.05, 0) is 30.6 Å². The highest BCUT2D eigenvalue weighted by Gasteiger charge is 2.41. The van der Waals surface area contributed by atoms with E-state index < -0.39 is 16.1 Å². The summed E-state index contributed by atoms with van der Waals surface area (Å²) in [7, 11) is -3.77. The third kappa shape index (κ3) is 4.56. The molecule has 0 aliphatic carbocycles. The van der Waals surface area contributed by atoms with Gasteiger partial charge in [0.2, 0.25) is 15.9 Å². The van der Waals surface area contributed by atoms with E-state index in [0.717, 1.165) is 0 Å². The third-order valence-electron chi connectivity index (χ3n) is 4.76. The SMILES string of the molecule is CSCCC(NS(=O)(=O)c1ccccc1)C(=O)N1CC(N2CCNC2=O)C1. The summed E-state index contributed by atoms with van der Waals surface area (Å²) in [5.74, 6) is 0.430. The van der Waals surface area contributed by atoms with Crippen LogP contribution in [0.1, 0.15) is 6.42 Å². The van der Waals surface area contributed by atoms with Gasteiger partial charge in [0.1, 0.15) is 6.04 Å². The molecule has 2 saturated heterocycles. The number of nitrogens with zero attached hydrogens (tertiary/aromatic N) is 2. The molecule has 3 amide bonds. The summed E-state index contributed by atoms with van der Waals surface area (Å²) in [5, 5.41) is 2.75. The molecule has 0 saturated carbocycles. The van der Waals surface area contributed by atoms with Gasteiger partial charge in [-0.3, -0.25) is 4.79 Å². The lowest BCUT2D eigenvalue weighted by Crippen LogP contribution is -2.64. The number of hydrogen-bond acceptors (Lipinski definition) is 5. The standard InChI is InChI=1S/C17H24N4O4S2/c1-26-10-7-15(19-27(24,25)14-5-3-2-4-6-14)16(22)20-11-13(12-20)21-9-8-18-17(21)23/h2-6,13,15,19H,7-12H2,1H3,(H,18,23). The van der Waals surface area contributed by atoms with Crippen molar-refractivity contribution in [2.75, 3.05) is 38.2 Å². The van der Waals surface area contributed by atoms with Crippen LogP contribution >= 0.6 is 11.8 Å². The lowest BCUT2D eigenvalue weighted by molar-refractivity contribution is -0.139. The molecule has 0 aromatic heterocycles. The quantitative estimate of drug-likeness (QED) is 0.641. The minimum absolute atomic E-state index is 0.00313. The molecule has 1 unspecified atom stereocenters. The number of urea groups is 1. The molecule has 2 aliphatic rings. The summed E-state index contributed by atoms with van der Waals surface area (Å²) in [6.07, 6.45) is 2.33. The van der Waals surface area contributed by atoms with Crippen LogP contribution in [0.25, 0.3) is 0 Å². The number of thioether (sulfide) groups is 1. The molecular formula is C17H24N4O4S2. The molecule has 8 nitrogen and oxygen atoms in total. The average molecular weight is 413 g/mol. The Balaban J connectivity index is 1.64. The van der Waals surface area contributed by atoms with E-state index in [1.807, 2.05) is 6.26 Å². The van der Waals surface area contributed by atoms with Crippen molar-refractivity contribution in [3.63, 3.8) is 0 Å².